The van der Waals surface area contributed by atoms with Gasteiger partial charge >= 0.3 is 12.2 Å². The Morgan fingerprint density at radius 2 is 2.12 bits per heavy atom. The highest BCUT2D eigenvalue weighted by atomic mass is 16.7. The van der Waals surface area contributed by atoms with E-state index in [9.17, 15) is 9.59 Å². The third kappa shape index (κ3) is 2.95. The quantitative estimate of drug-likeness (QED) is 0.348. The van der Waals surface area contributed by atoms with Crippen molar-refractivity contribution in [2.75, 3.05) is 7.05 Å². The van der Waals surface area contributed by atoms with Gasteiger partial charge in [-0.1, -0.05) is 0 Å². The van der Waals surface area contributed by atoms with Crippen molar-refractivity contribution in [3.63, 3.8) is 0 Å². The predicted molar refractivity (Wildman–Crippen MR) is 23.6 cm³/mol. The average molecular weight is 119 g/mol. The zero-order valence-electron chi connectivity index (χ0n) is 4.17. The van der Waals surface area contributed by atoms with Gasteiger partial charge in [-0.15, -0.1) is 0 Å². The van der Waals surface area contributed by atoms with Gasteiger partial charge in [0.05, 0.1) is 0 Å². The second-order valence-electron chi connectivity index (χ2n) is 0.905. The van der Waals surface area contributed by atoms with Crippen LogP contribution < -0.4 is 5.32 Å². The maximum absolute atomic E-state index is 9.91. The fourth-order valence-electron chi connectivity index (χ4n) is 0.130. The SMILES string of the molecule is CNC(=O)OC(=O)O. The van der Waals surface area contributed by atoms with Gasteiger partial charge in [-0.2, -0.15) is 0 Å². The third-order valence-corrected chi connectivity index (χ3v) is 0.384. The van der Waals surface area contributed by atoms with Crippen LogP contribution in [0.25, 0.3) is 0 Å². The van der Waals surface area contributed by atoms with E-state index in [2.05, 4.69) is 4.74 Å². The molecule has 0 saturated carbocycles. The van der Waals surface area contributed by atoms with E-state index in [4.69, 9.17) is 5.11 Å². The van der Waals surface area contributed by atoms with Crippen LogP contribution in [0.5, 0.6) is 0 Å². The molecule has 8 heavy (non-hydrogen) atoms. The van der Waals surface area contributed by atoms with Crippen molar-refractivity contribution in [1.29, 1.82) is 0 Å². The molecule has 0 aromatic rings. The summed E-state index contributed by atoms with van der Waals surface area (Å²) in [6, 6.07) is 0. The molecular formula is C3H5NO4. The maximum Gasteiger partial charge on any atom is 0.514 e. The molecule has 0 aliphatic heterocycles. The largest absolute Gasteiger partial charge is 0.514 e. The van der Waals surface area contributed by atoms with Crippen LogP contribution in [-0.2, 0) is 4.74 Å². The van der Waals surface area contributed by atoms with Crippen LogP contribution in [0.1, 0.15) is 0 Å². The number of hydrogen-bond acceptors (Lipinski definition) is 3. The number of hydrogen-bond donors (Lipinski definition) is 2. The van der Waals surface area contributed by atoms with Gasteiger partial charge < -0.3 is 15.2 Å². The Balaban J connectivity index is 3.40. The minimum Gasteiger partial charge on any atom is -0.449 e. The zero-order valence-corrected chi connectivity index (χ0v) is 4.17. The van der Waals surface area contributed by atoms with Gasteiger partial charge in [-0.05, 0) is 0 Å². The first kappa shape index (κ1) is 6.74. The lowest BCUT2D eigenvalue weighted by Gasteiger charge is -1.92. The molecule has 0 spiro atoms. The second-order valence-corrected chi connectivity index (χ2v) is 0.905. The summed E-state index contributed by atoms with van der Waals surface area (Å²) in [5.74, 6) is 0. The van der Waals surface area contributed by atoms with Gasteiger partial charge in [-0.3, -0.25) is 0 Å². The van der Waals surface area contributed by atoms with Crippen LogP contribution in [0.15, 0.2) is 0 Å². The van der Waals surface area contributed by atoms with E-state index < -0.39 is 12.2 Å². The molecule has 0 bridgehead atoms. The number of nitrogens with one attached hydrogen (secondary N) is 1. The summed E-state index contributed by atoms with van der Waals surface area (Å²) in [6.07, 6.45) is -2.58. The fraction of sp³-hybridized carbons (Fsp3) is 0.333. The molecule has 1 amide bonds. The van der Waals surface area contributed by atoms with E-state index in [-0.39, 0.29) is 0 Å². The first-order valence-electron chi connectivity index (χ1n) is 1.79. The zero-order chi connectivity index (χ0) is 6.57. The molecule has 2 N–H and O–H groups in total. The van der Waals surface area contributed by atoms with Gasteiger partial charge in [0.2, 0.25) is 0 Å². The van der Waals surface area contributed by atoms with Crippen LogP contribution in [0, 0.1) is 0 Å². The van der Waals surface area contributed by atoms with E-state index in [0.717, 1.165) is 0 Å². The van der Waals surface area contributed by atoms with Crippen molar-refractivity contribution in [3.05, 3.63) is 0 Å². The Hall–Kier alpha value is -1.26. The van der Waals surface area contributed by atoms with Gasteiger partial charge in [0.25, 0.3) is 0 Å². The number of rotatable bonds is 0. The van der Waals surface area contributed by atoms with Crippen LogP contribution in [0.4, 0.5) is 9.59 Å². The molecule has 0 unspecified atom stereocenters. The van der Waals surface area contributed by atoms with Crippen LogP contribution in [-0.4, -0.2) is 24.4 Å². The van der Waals surface area contributed by atoms with Crippen molar-refractivity contribution >= 4 is 12.2 Å². The Morgan fingerprint density at radius 3 is 2.25 bits per heavy atom. The van der Waals surface area contributed by atoms with Crippen LogP contribution in [0.3, 0.4) is 0 Å². The minimum atomic E-state index is -1.61. The molecule has 5 heteroatoms. The molecule has 0 aliphatic carbocycles. The lowest BCUT2D eigenvalue weighted by Crippen LogP contribution is -2.21. The monoisotopic (exact) mass is 119 g/mol. The van der Waals surface area contributed by atoms with E-state index >= 15 is 0 Å². The summed E-state index contributed by atoms with van der Waals surface area (Å²) in [4.78, 5) is 19.4. The van der Waals surface area contributed by atoms with E-state index in [1.54, 1.807) is 0 Å². The average Bonchev–Trinajstić information content (AvgIpc) is 1.65. The molecule has 46 valence electrons. The smallest absolute Gasteiger partial charge is 0.449 e. The topological polar surface area (TPSA) is 75.6 Å². The Morgan fingerprint density at radius 1 is 1.62 bits per heavy atom. The first-order valence-corrected chi connectivity index (χ1v) is 1.79. The Labute approximate surface area is 45.2 Å². The molecule has 5 nitrogen and oxygen atoms in total. The van der Waals surface area contributed by atoms with Crippen LogP contribution in [0.2, 0.25) is 0 Å². The highest BCUT2D eigenvalue weighted by molar-refractivity contribution is 5.79. The second kappa shape index (κ2) is 2.84. The van der Waals surface area contributed by atoms with Crippen molar-refractivity contribution in [1.82, 2.24) is 5.32 Å². The van der Waals surface area contributed by atoms with Gasteiger partial charge in [0.15, 0.2) is 0 Å². The third-order valence-electron chi connectivity index (χ3n) is 0.384. The fourth-order valence-corrected chi connectivity index (χ4v) is 0.130. The molecule has 0 aliphatic rings. The summed E-state index contributed by atoms with van der Waals surface area (Å²) < 4.78 is 3.57. The minimum absolute atomic E-state index is 0.975. The molecule has 0 aromatic heterocycles. The molecule has 0 radical (unpaired) electrons. The molecule has 0 aromatic carbocycles. The maximum atomic E-state index is 9.91. The van der Waals surface area contributed by atoms with Gasteiger partial charge in [0.1, 0.15) is 0 Å². The normalized spacial score (nSPS) is 7.62. The first-order chi connectivity index (χ1) is 3.66. The van der Waals surface area contributed by atoms with Gasteiger partial charge in [-0.25, -0.2) is 9.59 Å². The van der Waals surface area contributed by atoms with Crippen molar-refractivity contribution in [3.8, 4) is 0 Å². The van der Waals surface area contributed by atoms with Gasteiger partial charge in [0, 0.05) is 7.05 Å². The van der Waals surface area contributed by atoms with E-state index in [1.807, 2.05) is 5.32 Å². The van der Waals surface area contributed by atoms with Crippen molar-refractivity contribution in [2.24, 2.45) is 0 Å². The van der Waals surface area contributed by atoms with Crippen molar-refractivity contribution < 1.29 is 19.4 Å². The Bertz CT molecular complexity index is 110. The molecule has 0 saturated heterocycles. The summed E-state index contributed by atoms with van der Waals surface area (Å²) in [5, 5.41) is 9.69. The lowest BCUT2D eigenvalue weighted by atomic mass is 11.1. The molecule has 0 fully saturated rings. The van der Waals surface area contributed by atoms with Crippen LogP contribution >= 0.6 is 0 Å². The summed E-state index contributed by atoms with van der Waals surface area (Å²) in [5.41, 5.74) is 0. The molecule has 0 atom stereocenters. The predicted octanol–water partition coefficient (Wildman–Crippen LogP) is 0.0204. The number of carboxylic acid groups (broad SMARTS) is 1. The molecule has 0 heterocycles. The number of alkyl carbamates (subject to hydrolysis) is 1. The summed E-state index contributed by atoms with van der Waals surface area (Å²) in [6.45, 7) is 0. The van der Waals surface area contributed by atoms with E-state index in [1.165, 1.54) is 7.05 Å². The standard InChI is InChI=1S/C3H5NO4/c1-4-2(5)8-3(6)7/h1H3,(H,4,5)(H,6,7). The highest BCUT2D eigenvalue weighted by Crippen LogP contribution is 1.74. The molecule has 0 rings (SSSR count). The number of carbonyl (C=O) groups excluding carboxylic acids is 1. The lowest BCUT2D eigenvalue weighted by molar-refractivity contribution is 0.110. The van der Waals surface area contributed by atoms with E-state index in [0.29, 0.717) is 0 Å². The van der Waals surface area contributed by atoms with Crippen molar-refractivity contribution in [2.45, 2.75) is 0 Å². The summed E-state index contributed by atoms with van der Waals surface area (Å²) >= 11 is 0. The number of ether oxygens (including phenoxy) is 1. The number of amides is 1. The highest BCUT2D eigenvalue weighted by Gasteiger charge is 2.02. The Kier molecular flexibility index (Phi) is 2.39. The molecular weight excluding hydrogens is 114 g/mol. The summed E-state index contributed by atoms with van der Waals surface area (Å²) in [7, 11) is 1.27. The number of carbonyl (C=O) groups is 2.